The molecule has 16 heavy (non-hydrogen) atoms. The summed E-state index contributed by atoms with van der Waals surface area (Å²) in [6.45, 7) is 3.17. The maximum Gasteiger partial charge on any atom is 0.0589 e. The van der Waals surface area contributed by atoms with Gasteiger partial charge >= 0.3 is 0 Å². The minimum atomic E-state index is 0.699. The van der Waals surface area contributed by atoms with Crippen molar-refractivity contribution in [3.05, 3.63) is 21.9 Å². The van der Waals surface area contributed by atoms with Crippen molar-refractivity contribution >= 4 is 11.3 Å². The topological polar surface area (TPSA) is 12.5 Å². The Morgan fingerprint density at radius 1 is 1.50 bits per heavy atom. The quantitative estimate of drug-likeness (QED) is 0.798. The van der Waals surface area contributed by atoms with E-state index in [0.29, 0.717) is 6.04 Å². The van der Waals surface area contributed by atoms with Crippen LogP contribution in [0, 0.1) is 5.92 Å². The number of rotatable bonds is 4. The smallest absolute Gasteiger partial charge is 0.0589 e. The Hall–Kier alpha value is -0.380. The lowest BCUT2D eigenvalue weighted by atomic mass is 9.96. The molecule has 0 aromatic carbocycles. The summed E-state index contributed by atoms with van der Waals surface area (Å²) < 4.78 is 5.22. The third-order valence-electron chi connectivity index (χ3n) is 3.77. The average molecular weight is 237 g/mol. The molecule has 3 heteroatoms. The number of hydrogen-bond acceptors (Lipinski definition) is 3. The van der Waals surface area contributed by atoms with E-state index in [-0.39, 0.29) is 0 Å². The van der Waals surface area contributed by atoms with E-state index in [1.165, 1.54) is 25.8 Å². The molecule has 1 aromatic rings. The van der Waals surface area contributed by atoms with Crippen LogP contribution in [0.25, 0.3) is 0 Å². The van der Waals surface area contributed by atoms with Crippen molar-refractivity contribution < 1.29 is 4.74 Å². The molecular weight excluding hydrogens is 218 g/mol. The normalized spacial score (nSPS) is 25.7. The van der Waals surface area contributed by atoms with Crippen LogP contribution in [0.4, 0.5) is 0 Å². The van der Waals surface area contributed by atoms with Crippen LogP contribution in [0.2, 0.25) is 0 Å². The largest absolute Gasteiger partial charge is 0.383 e. The van der Waals surface area contributed by atoms with Gasteiger partial charge < -0.3 is 4.74 Å². The first-order valence-electron chi connectivity index (χ1n) is 6.19. The molecule has 1 aromatic heterocycles. The van der Waals surface area contributed by atoms with E-state index in [9.17, 15) is 0 Å². The Balaban J connectivity index is 1.80. The molecule has 1 aliphatic carbocycles. The van der Waals surface area contributed by atoms with Crippen molar-refractivity contribution in [1.29, 1.82) is 0 Å². The van der Waals surface area contributed by atoms with Gasteiger partial charge in [-0.3, -0.25) is 4.90 Å². The maximum absolute atomic E-state index is 5.22. The second kappa shape index (κ2) is 4.47. The molecule has 1 atom stereocenters. The lowest BCUT2D eigenvalue weighted by Gasteiger charge is -2.36. The van der Waals surface area contributed by atoms with Crippen molar-refractivity contribution in [2.45, 2.75) is 25.3 Å². The van der Waals surface area contributed by atoms with Gasteiger partial charge in [-0.15, -0.1) is 11.3 Å². The minimum absolute atomic E-state index is 0.699. The minimum Gasteiger partial charge on any atom is -0.383 e. The highest BCUT2D eigenvalue weighted by Crippen LogP contribution is 2.48. The van der Waals surface area contributed by atoms with Crippen molar-refractivity contribution in [2.24, 2.45) is 5.92 Å². The predicted octanol–water partition coefficient (Wildman–Crippen LogP) is 2.70. The van der Waals surface area contributed by atoms with E-state index in [1.807, 2.05) is 11.3 Å². The molecular formula is C13H19NOS. The number of thiophene rings is 1. The summed E-state index contributed by atoms with van der Waals surface area (Å²) in [6, 6.07) is 3.05. The number of hydrogen-bond donors (Lipinski definition) is 0. The predicted molar refractivity (Wildman–Crippen MR) is 66.9 cm³/mol. The van der Waals surface area contributed by atoms with Crippen LogP contribution in [0.5, 0.6) is 0 Å². The first-order valence-corrected chi connectivity index (χ1v) is 7.07. The number of methoxy groups -OCH3 is 1. The lowest BCUT2D eigenvalue weighted by Crippen LogP contribution is -2.38. The van der Waals surface area contributed by atoms with E-state index in [1.54, 1.807) is 17.6 Å². The average Bonchev–Trinajstić information content (AvgIpc) is 3.02. The summed E-state index contributed by atoms with van der Waals surface area (Å²) in [4.78, 5) is 4.27. The molecule has 1 unspecified atom stereocenters. The van der Waals surface area contributed by atoms with E-state index in [2.05, 4.69) is 16.3 Å². The first kappa shape index (κ1) is 10.8. The van der Waals surface area contributed by atoms with E-state index in [4.69, 9.17) is 4.74 Å². The summed E-state index contributed by atoms with van der Waals surface area (Å²) in [5.74, 6) is 0.922. The number of fused-ring (bicyclic) bond motifs is 1. The summed E-state index contributed by atoms with van der Waals surface area (Å²) in [7, 11) is 1.80. The molecule has 3 rings (SSSR count). The van der Waals surface area contributed by atoms with Crippen LogP contribution in [0.1, 0.15) is 29.3 Å². The van der Waals surface area contributed by atoms with Gasteiger partial charge in [0, 0.05) is 31.1 Å². The highest BCUT2D eigenvalue weighted by atomic mass is 32.1. The molecule has 1 fully saturated rings. The molecule has 1 aliphatic heterocycles. The van der Waals surface area contributed by atoms with E-state index < -0.39 is 0 Å². The van der Waals surface area contributed by atoms with Crippen molar-refractivity contribution in [3.8, 4) is 0 Å². The SMILES string of the molecule is COCCN1CCc2sccc2C1C1CC1. The summed E-state index contributed by atoms with van der Waals surface area (Å²) in [5, 5.41) is 2.26. The summed E-state index contributed by atoms with van der Waals surface area (Å²) in [5.41, 5.74) is 1.62. The fourth-order valence-electron chi connectivity index (χ4n) is 2.82. The molecule has 1 saturated carbocycles. The maximum atomic E-state index is 5.22. The van der Waals surface area contributed by atoms with Crippen LogP contribution in [-0.2, 0) is 11.2 Å². The Bertz CT molecular complexity index is 359. The van der Waals surface area contributed by atoms with Crippen molar-refractivity contribution in [1.82, 2.24) is 4.90 Å². The number of ether oxygens (including phenoxy) is 1. The van der Waals surface area contributed by atoms with Crippen LogP contribution < -0.4 is 0 Å². The first-order chi connectivity index (χ1) is 7.90. The summed E-state index contributed by atoms with van der Waals surface area (Å²) in [6.07, 6.45) is 4.08. The van der Waals surface area contributed by atoms with E-state index >= 15 is 0 Å². The van der Waals surface area contributed by atoms with Crippen LogP contribution in [-0.4, -0.2) is 31.7 Å². The Morgan fingerprint density at radius 2 is 2.38 bits per heavy atom. The van der Waals surface area contributed by atoms with Gasteiger partial charge in [-0.2, -0.15) is 0 Å². The molecule has 2 heterocycles. The third-order valence-corrected chi connectivity index (χ3v) is 4.77. The fraction of sp³-hybridized carbons (Fsp3) is 0.692. The standard InChI is InChI=1S/C13H19NOS/c1-15-8-7-14-6-4-12-11(5-9-16-12)13(14)10-2-3-10/h5,9-10,13H,2-4,6-8H2,1H3. The lowest BCUT2D eigenvalue weighted by molar-refractivity contribution is 0.105. The van der Waals surface area contributed by atoms with Crippen LogP contribution in [0.15, 0.2) is 11.4 Å². The monoisotopic (exact) mass is 237 g/mol. The highest BCUT2D eigenvalue weighted by molar-refractivity contribution is 7.10. The summed E-state index contributed by atoms with van der Waals surface area (Å²) >= 11 is 1.94. The van der Waals surface area contributed by atoms with Crippen LogP contribution in [0.3, 0.4) is 0 Å². The molecule has 0 radical (unpaired) electrons. The molecule has 0 saturated heterocycles. The van der Waals surface area contributed by atoms with Gasteiger partial charge in [0.1, 0.15) is 0 Å². The zero-order chi connectivity index (χ0) is 11.0. The van der Waals surface area contributed by atoms with Gasteiger partial charge in [-0.1, -0.05) is 0 Å². The molecule has 0 amide bonds. The van der Waals surface area contributed by atoms with Gasteiger partial charge in [-0.25, -0.2) is 0 Å². The zero-order valence-electron chi connectivity index (χ0n) is 9.82. The van der Waals surface area contributed by atoms with Crippen LogP contribution >= 0.6 is 11.3 Å². The Labute approximate surface area is 101 Å². The van der Waals surface area contributed by atoms with Gasteiger partial charge in [0.2, 0.25) is 0 Å². The number of nitrogens with zero attached hydrogens (tertiary/aromatic N) is 1. The van der Waals surface area contributed by atoms with Gasteiger partial charge in [0.15, 0.2) is 0 Å². The fourth-order valence-corrected chi connectivity index (χ4v) is 3.73. The molecule has 0 bridgehead atoms. The second-order valence-electron chi connectivity index (χ2n) is 4.86. The van der Waals surface area contributed by atoms with Gasteiger partial charge in [0.05, 0.1) is 6.61 Å². The Kier molecular flexibility index (Phi) is 3.01. The van der Waals surface area contributed by atoms with Crippen molar-refractivity contribution in [2.75, 3.05) is 26.8 Å². The van der Waals surface area contributed by atoms with Gasteiger partial charge in [-0.05, 0) is 42.2 Å². The Morgan fingerprint density at radius 3 is 3.12 bits per heavy atom. The van der Waals surface area contributed by atoms with Gasteiger partial charge in [0.25, 0.3) is 0 Å². The second-order valence-corrected chi connectivity index (χ2v) is 5.86. The zero-order valence-corrected chi connectivity index (χ0v) is 10.6. The van der Waals surface area contributed by atoms with E-state index in [0.717, 1.165) is 19.1 Å². The highest BCUT2D eigenvalue weighted by Gasteiger charge is 2.39. The molecule has 0 spiro atoms. The molecule has 2 aliphatic rings. The van der Waals surface area contributed by atoms with Crippen molar-refractivity contribution in [3.63, 3.8) is 0 Å². The third kappa shape index (κ3) is 1.92. The molecule has 2 nitrogen and oxygen atoms in total. The molecule has 0 N–H and O–H groups in total. The molecule has 88 valence electrons.